The summed E-state index contributed by atoms with van der Waals surface area (Å²) in [7, 11) is 0. The van der Waals surface area contributed by atoms with Crippen LogP contribution in [-0.4, -0.2) is 61.9 Å². The Hall–Kier alpha value is -2.44. The molecule has 1 aliphatic carbocycles. The molecule has 2 aliphatic heterocycles. The Morgan fingerprint density at radius 1 is 1.09 bits per heavy atom. The molecule has 7 heteroatoms. The third-order valence-electron chi connectivity index (χ3n) is 7.74. The van der Waals surface area contributed by atoms with E-state index in [0.717, 1.165) is 80.0 Å². The van der Waals surface area contributed by atoms with Gasteiger partial charge in [-0.3, -0.25) is 9.59 Å². The maximum atomic E-state index is 12.8. The monoisotopic (exact) mass is 437 g/mol. The summed E-state index contributed by atoms with van der Waals surface area (Å²) in [6, 6.07) is 2.44. The largest absolute Gasteiger partial charge is 0.342 e. The predicted molar refractivity (Wildman–Crippen MR) is 122 cm³/mol. The summed E-state index contributed by atoms with van der Waals surface area (Å²) < 4.78 is 1.94. The van der Waals surface area contributed by atoms with E-state index in [1.54, 1.807) is 0 Å². The van der Waals surface area contributed by atoms with E-state index in [4.69, 9.17) is 10.1 Å². The average Bonchev–Trinajstić information content (AvgIpc) is 3.35. The molecule has 172 valence electrons. The van der Waals surface area contributed by atoms with E-state index < -0.39 is 0 Å². The van der Waals surface area contributed by atoms with Gasteiger partial charge in [-0.1, -0.05) is 0 Å². The first-order valence-electron chi connectivity index (χ1n) is 12.4. The molecule has 0 radical (unpaired) electrons. The van der Waals surface area contributed by atoms with E-state index >= 15 is 0 Å². The number of carbonyl (C=O) groups excluding carboxylic acids is 2. The zero-order valence-electron chi connectivity index (χ0n) is 19.6. The topological polar surface area (TPSA) is 70.8 Å². The van der Waals surface area contributed by atoms with Crippen molar-refractivity contribution >= 4 is 17.5 Å². The van der Waals surface area contributed by atoms with Crippen molar-refractivity contribution in [1.82, 2.24) is 24.4 Å². The van der Waals surface area contributed by atoms with Crippen molar-refractivity contribution in [2.24, 2.45) is 5.92 Å². The summed E-state index contributed by atoms with van der Waals surface area (Å²) in [6.07, 6.45) is 7.74. The lowest BCUT2D eigenvalue weighted by Gasteiger charge is -2.33. The summed E-state index contributed by atoms with van der Waals surface area (Å²) in [5.41, 5.74) is 5.07. The summed E-state index contributed by atoms with van der Waals surface area (Å²) in [5.74, 6) is 1.14. The van der Waals surface area contributed by atoms with Gasteiger partial charge < -0.3 is 9.80 Å². The average molecular weight is 438 g/mol. The van der Waals surface area contributed by atoms with Crippen LogP contribution in [0.3, 0.4) is 0 Å². The number of piperidine rings is 1. The fourth-order valence-corrected chi connectivity index (χ4v) is 5.54. The lowest BCUT2D eigenvalue weighted by molar-refractivity contribution is -0.134. The molecule has 32 heavy (non-hydrogen) atoms. The molecule has 0 unspecified atom stereocenters. The second-order valence-corrected chi connectivity index (χ2v) is 10.1. The molecular weight excluding hydrogens is 402 g/mol. The lowest BCUT2D eigenvalue weighted by atomic mass is 10.0. The molecule has 4 heterocycles. The van der Waals surface area contributed by atoms with Gasteiger partial charge in [-0.2, -0.15) is 5.10 Å². The van der Waals surface area contributed by atoms with Crippen LogP contribution in [0, 0.1) is 19.8 Å². The van der Waals surface area contributed by atoms with Gasteiger partial charge >= 0.3 is 0 Å². The van der Waals surface area contributed by atoms with Crippen LogP contribution in [0.1, 0.15) is 80.4 Å². The Morgan fingerprint density at radius 2 is 1.91 bits per heavy atom. The van der Waals surface area contributed by atoms with Gasteiger partial charge in [0.15, 0.2) is 5.65 Å². The van der Waals surface area contributed by atoms with Crippen molar-refractivity contribution in [1.29, 1.82) is 0 Å². The molecule has 0 bridgehead atoms. The molecule has 0 aromatic carbocycles. The van der Waals surface area contributed by atoms with E-state index in [2.05, 4.69) is 24.8 Å². The van der Waals surface area contributed by atoms with Crippen LogP contribution >= 0.6 is 0 Å². The Bertz CT molecular complexity index is 1040. The molecular formula is C25H35N5O2. The van der Waals surface area contributed by atoms with E-state index in [9.17, 15) is 9.59 Å². The second-order valence-electron chi connectivity index (χ2n) is 10.1. The Labute approximate surface area is 190 Å². The van der Waals surface area contributed by atoms with Gasteiger partial charge in [0, 0.05) is 61.4 Å². The molecule has 7 nitrogen and oxygen atoms in total. The van der Waals surface area contributed by atoms with Crippen LogP contribution in [0.4, 0.5) is 0 Å². The zero-order valence-corrected chi connectivity index (χ0v) is 19.6. The maximum absolute atomic E-state index is 12.8. The summed E-state index contributed by atoms with van der Waals surface area (Å²) >= 11 is 0. The molecule has 2 amide bonds. The number of hydrogen-bond donors (Lipinski definition) is 0. The molecule has 1 saturated carbocycles. The minimum absolute atomic E-state index is 0.253. The van der Waals surface area contributed by atoms with Crippen molar-refractivity contribution < 1.29 is 9.59 Å². The third kappa shape index (κ3) is 4.02. The number of likely N-dealkylation sites (tertiary alicyclic amines) is 2. The lowest BCUT2D eigenvalue weighted by Crippen LogP contribution is -2.42. The van der Waals surface area contributed by atoms with Gasteiger partial charge in [0.25, 0.3) is 0 Å². The molecule has 2 aromatic heterocycles. The normalized spacial score (nSPS) is 23.8. The number of aryl methyl sites for hydroxylation is 2. The van der Waals surface area contributed by atoms with E-state index in [0.29, 0.717) is 24.8 Å². The number of nitrogens with zero attached hydrogens (tertiary/aromatic N) is 5. The second kappa shape index (κ2) is 8.49. The van der Waals surface area contributed by atoms with Gasteiger partial charge in [-0.15, -0.1) is 0 Å². The van der Waals surface area contributed by atoms with Crippen molar-refractivity contribution in [3.05, 3.63) is 28.7 Å². The van der Waals surface area contributed by atoms with Gasteiger partial charge in [-0.05, 0) is 71.3 Å². The Morgan fingerprint density at radius 3 is 2.66 bits per heavy atom. The van der Waals surface area contributed by atoms with Crippen LogP contribution in [0.5, 0.6) is 0 Å². The van der Waals surface area contributed by atoms with Crippen LogP contribution in [0.2, 0.25) is 0 Å². The van der Waals surface area contributed by atoms with Crippen molar-refractivity contribution in [2.45, 2.75) is 84.1 Å². The highest BCUT2D eigenvalue weighted by Crippen LogP contribution is 2.35. The molecule has 0 spiro atoms. The first-order valence-corrected chi connectivity index (χ1v) is 12.4. The highest BCUT2D eigenvalue weighted by molar-refractivity contribution is 5.81. The van der Waals surface area contributed by atoms with Gasteiger partial charge in [0.05, 0.1) is 5.69 Å². The van der Waals surface area contributed by atoms with Crippen LogP contribution in [-0.2, 0) is 16.0 Å². The quantitative estimate of drug-likeness (QED) is 0.719. The van der Waals surface area contributed by atoms with E-state index in [1.165, 1.54) is 6.42 Å². The number of hydrogen-bond acceptors (Lipinski definition) is 4. The summed E-state index contributed by atoms with van der Waals surface area (Å²) in [4.78, 5) is 34.2. The minimum atomic E-state index is 0.253. The standard InChI is InChI=1S/C25H35N5O2/c1-16-6-4-5-12-29(16)24(31)10-9-21-17(2)26-23-14-22(27-30(23)18(21)3)20-11-13-28(15-20)25(32)19-7-8-19/h14,16,19-20H,4-13,15H2,1-3H3/t16-,20-/m1/s1. The van der Waals surface area contributed by atoms with Crippen LogP contribution in [0.25, 0.3) is 5.65 Å². The molecule has 5 rings (SSSR count). The molecule has 2 aromatic rings. The molecule has 2 atom stereocenters. The first-order chi connectivity index (χ1) is 15.4. The van der Waals surface area contributed by atoms with Crippen LogP contribution < -0.4 is 0 Å². The molecule has 3 aliphatic rings. The predicted octanol–water partition coefficient (Wildman–Crippen LogP) is 3.41. The molecule has 0 N–H and O–H groups in total. The Kier molecular flexibility index (Phi) is 5.68. The fraction of sp³-hybridized carbons (Fsp3) is 0.680. The fourth-order valence-electron chi connectivity index (χ4n) is 5.54. The maximum Gasteiger partial charge on any atom is 0.225 e. The highest BCUT2D eigenvalue weighted by atomic mass is 16.2. The number of rotatable bonds is 5. The number of carbonyl (C=O) groups is 2. The van der Waals surface area contributed by atoms with Gasteiger partial charge in [0.2, 0.25) is 11.8 Å². The van der Waals surface area contributed by atoms with E-state index in [1.807, 2.05) is 16.3 Å². The third-order valence-corrected chi connectivity index (χ3v) is 7.74. The number of amides is 2. The number of fused-ring (bicyclic) bond motifs is 1. The first kappa shape index (κ1) is 21.4. The zero-order chi connectivity index (χ0) is 22.4. The van der Waals surface area contributed by atoms with Crippen LogP contribution in [0.15, 0.2) is 6.07 Å². The van der Waals surface area contributed by atoms with Gasteiger partial charge in [-0.25, -0.2) is 9.50 Å². The van der Waals surface area contributed by atoms with Crippen molar-refractivity contribution in [2.75, 3.05) is 19.6 Å². The smallest absolute Gasteiger partial charge is 0.225 e. The van der Waals surface area contributed by atoms with Crippen molar-refractivity contribution in [3.8, 4) is 0 Å². The molecule has 3 fully saturated rings. The number of aromatic nitrogens is 3. The van der Waals surface area contributed by atoms with Gasteiger partial charge in [0.1, 0.15) is 0 Å². The highest BCUT2D eigenvalue weighted by Gasteiger charge is 2.37. The Balaban J connectivity index is 1.31. The molecule has 2 saturated heterocycles. The SMILES string of the molecule is Cc1nc2cc([C@@H]3CCN(C(=O)C4CC4)C3)nn2c(C)c1CCC(=O)N1CCCC[C@H]1C. The van der Waals surface area contributed by atoms with Crippen molar-refractivity contribution in [3.63, 3.8) is 0 Å². The summed E-state index contributed by atoms with van der Waals surface area (Å²) in [6.45, 7) is 8.77. The minimum Gasteiger partial charge on any atom is -0.342 e. The summed E-state index contributed by atoms with van der Waals surface area (Å²) in [5, 5.41) is 4.90. The van der Waals surface area contributed by atoms with E-state index in [-0.39, 0.29) is 17.7 Å².